The Morgan fingerprint density at radius 1 is 1.28 bits per heavy atom. The molecule has 1 aromatic carbocycles. The summed E-state index contributed by atoms with van der Waals surface area (Å²) in [6.45, 7) is 9.87. The molecule has 0 unspecified atom stereocenters. The molecule has 0 radical (unpaired) electrons. The largest absolute Gasteiger partial charge is 0.507 e. The van der Waals surface area contributed by atoms with Crippen LogP contribution in [0, 0.1) is 13.8 Å². The molecule has 18 heavy (non-hydrogen) atoms. The quantitative estimate of drug-likeness (QED) is 0.771. The molecule has 1 amide bonds. The standard InChI is InChI=1S/C14H22N2O2/c1-9-6-7-11(10(2)13(9)18)16-12(17)8-15-14(3,4)5/h6-7,15,18H,8H2,1-5H3,(H,16,17). The van der Waals surface area contributed by atoms with E-state index in [0.717, 1.165) is 5.56 Å². The van der Waals surface area contributed by atoms with Crippen molar-refractivity contribution in [3.05, 3.63) is 23.3 Å². The zero-order chi connectivity index (χ0) is 13.9. The van der Waals surface area contributed by atoms with Crippen LogP contribution in [0.4, 0.5) is 5.69 Å². The zero-order valence-electron chi connectivity index (χ0n) is 11.7. The van der Waals surface area contributed by atoms with Gasteiger partial charge < -0.3 is 15.7 Å². The van der Waals surface area contributed by atoms with Crippen LogP contribution in [0.1, 0.15) is 31.9 Å². The second kappa shape index (κ2) is 5.40. The van der Waals surface area contributed by atoms with Crippen molar-refractivity contribution < 1.29 is 9.90 Å². The summed E-state index contributed by atoms with van der Waals surface area (Å²) in [5.41, 5.74) is 2.05. The smallest absolute Gasteiger partial charge is 0.238 e. The van der Waals surface area contributed by atoms with Crippen LogP contribution < -0.4 is 10.6 Å². The number of aromatic hydroxyl groups is 1. The van der Waals surface area contributed by atoms with Crippen molar-refractivity contribution in [2.75, 3.05) is 11.9 Å². The Bertz CT molecular complexity index is 448. The molecule has 100 valence electrons. The Hall–Kier alpha value is -1.55. The van der Waals surface area contributed by atoms with Gasteiger partial charge in [0.05, 0.1) is 6.54 Å². The van der Waals surface area contributed by atoms with Crippen molar-refractivity contribution >= 4 is 11.6 Å². The molecule has 0 saturated carbocycles. The van der Waals surface area contributed by atoms with E-state index in [1.165, 1.54) is 0 Å². The summed E-state index contributed by atoms with van der Waals surface area (Å²) in [7, 11) is 0. The Kier molecular flexibility index (Phi) is 4.35. The number of benzene rings is 1. The maximum Gasteiger partial charge on any atom is 0.238 e. The van der Waals surface area contributed by atoms with E-state index in [1.807, 2.05) is 27.7 Å². The Morgan fingerprint density at radius 2 is 1.89 bits per heavy atom. The summed E-state index contributed by atoms with van der Waals surface area (Å²) in [6, 6.07) is 3.59. The number of phenolic OH excluding ortho intramolecular Hbond substituents is 1. The van der Waals surface area contributed by atoms with Crippen LogP contribution in [-0.2, 0) is 4.79 Å². The van der Waals surface area contributed by atoms with Crippen LogP contribution in [0.25, 0.3) is 0 Å². The van der Waals surface area contributed by atoms with Gasteiger partial charge in [0.15, 0.2) is 0 Å². The van der Waals surface area contributed by atoms with E-state index < -0.39 is 0 Å². The first-order chi connectivity index (χ1) is 8.20. The van der Waals surface area contributed by atoms with Gasteiger partial charge in [-0.2, -0.15) is 0 Å². The van der Waals surface area contributed by atoms with Gasteiger partial charge in [0.2, 0.25) is 5.91 Å². The van der Waals surface area contributed by atoms with Crippen molar-refractivity contribution in [1.29, 1.82) is 0 Å². The molecule has 0 aliphatic rings. The Morgan fingerprint density at radius 3 is 2.44 bits per heavy atom. The second-order valence-corrected chi connectivity index (χ2v) is 5.56. The molecule has 0 fully saturated rings. The number of anilines is 1. The molecule has 1 rings (SSSR count). The van der Waals surface area contributed by atoms with Crippen LogP contribution in [-0.4, -0.2) is 23.1 Å². The van der Waals surface area contributed by atoms with E-state index in [2.05, 4.69) is 10.6 Å². The molecule has 1 aromatic rings. The van der Waals surface area contributed by atoms with Gasteiger partial charge in [-0.15, -0.1) is 0 Å². The topological polar surface area (TPSA) is 61.4 Å². The summed E-state index contributed by atoms with van der Waals surface area (Å²) in [6.07, 6.45) is 0. The lowest BCUT2D eigenvalue weighted by Gasteiger charge is -2.20. The van der Waals surface area contributed by atoms with Crippen LogP contribution >= 0.6 is 0 Å². The molecule has 0 bridgehead atoms. The highest BCUT2D eigenvalue weighted by Gasteiger charge is 2.13. The molecule has 0 atom stereocenters. The maximum atomic E-state index is 11.8. The van der Waals surface area contributed by atoms with Gasteiger partial charge in [-0.05, 0) is 46.2 Å². The van der Waals surface area contributed by atoms with Gasteiger partial charge in [-0.1, -0.05) is 6.07 Å². The fraction of sp³-hybridized carbons (Fsp3) is 0.500. The van der Waals surface area contributed by atoms with Crippen molar-refractivity contribution in [3.63, 3.8) is 0 Å². The maximum absolute atomic E-state index is 11.8. The number of phenols is 1. The van der Waals surface area contributed by atoms with Crippen molar-refractivity contribution in [2.45, 2.75) is 40.2 Å². The third-order valence-electron chi connectivity index (χ3n) is 2.69. The van der Waals surface area contributed by atoms with Crippen LogP contribution in [0.2, 0.25) is 0 Å². The summed E-state index contributed by atoms with van der Waals surface area (Å²) in [5.74, 6) is 0.118. The van der Waals surface area contributed by atoms with E-state index in [-0.39, 0.29) is 23.7 Å². The van der Waals surface area contributed by atoms with E-state index in [9.17, 15) is 9.90 Å². The molecule has 0 heterocycles. The summed E-state index contributed by atoms with van der Waals surface area (Å²) >= 11 is 0. The first-order valence-electron chi connectivity index (χ1n) is 6.05. The first-order valence-corrected chi connectivity index (χ1v) is 6.05. The van der Waals surface area contributed by atoms with Crippen LogP contribution in [0.5, 0.6) is 5.75 Å². The summed E-state index contributed by atoms with van der Waals surface area (Å²) in [4.78, 5) is 11.8. The minimum Gasteiger partial charge on any atom is -0.507 e. The number of amides is 1. The number of carbonyl (C=O) groups excluding carboxylic acids is 1. The molecule has 4 nitrogen and oxygen atoms in total. The highest BCUT2D eigenvalue weighted by atomic mass is 16.3. The Balaban J connectivity index is 2.68. The molecule has 4 heteroatoms. The molecule has 3 N–H and O–H groups in total. The highest BCUT2D eigenvalue weighted by Crippen LogP contribution is 2.27. The number of hydrogen-bond acceptors (Lipinski definition) is 3. The third-order valence-corrected chi connectivity index (χ3v) is 2.69. The molecule has 0 aliphatic carbocycles. The first kappa shape index (κ1) is 14.5. The van der Waals surface area contributed by atoms with Crippen molar-refractivity contribution in [2.24, 2.45) is 0 Å². The molecule has 0 saturated heterocycles. The number of carbonyl (C=O) groups is 1. The fourth-order valence-corrected chi connectivity index (χ4v) is 1.51. The molecule has 0 spiro atoms. The zero-order valence-corrected chi connectivity index (χ0v) is 11.7. The SMILES string of the molecule is Cc1ccc(NC(=O)CNC(C)(C)C)c(C)c1O. The predicted octanol–water partition coefficient (Wildman–Crippen LogP) is 2.34. The number of nitrogens with one attached hydrogen (secondary N) is 2. The Labute approximate surface area is 108 Å². The second-order valence-electron chi connectivity index (χ2n) is 5.56. The summed E-state index contributed by atoms with van der Waals surface area (Å²) in [5, 5.41) is 15.7. The van der Waals surface area contributed by atoms with Crippen LogP contribution in [0.15, 0.2) is 12.1 Å². The lowest BCUT2D eigenvalue weighted by Crippen LogP contribution is -2.41. The van der Waals surface area contributed by atoms with Crippen molar-refractivity contribution in [3.8, 4) is 5.75 Å². The van der Waals surface area contributed by atoms with E-state index in [1.54, 1.807) is 19.1 Å². The average molecular weight is 250 g/mol. The van der Waals surface area contributed by atoms with Gasteiger partial charge in [-0.25, -0.2) is 0 Å². The summed E-state index contributed by atoms with van der Waals surface area (Å²) < 4.78 is 0. The molecule has 0 aromatic heterocycles. The van der Waals surface area contributed by atoms with E-state index >= 15 is 0 Å². The number of aryl methyl sites for hydroxylation is 1. The minimum atomic E-state index is -0.115. The lowest BCUT2D eigenvalue weighted by atomic mass is 10.1. The van der Waals surface area contributed by atoms with E-state index in [0.29, 0.717) is 11.3 Å². The van der Waals surface area contributed by atoms with Gasteiger partial charge in [0.25, 0.3) is 0 Å². The van der Waals surface area contributed by atoms with Gasteiger partial charge >= 0.3 is 0 Å². The minimum absolute atomic E-state index is 0.0954. The van der Waals surface area contributed by atoms with Crippen LogP contribution in [0.3, 0.4) is 0 Å². The normalized spacial score (nSPS) is 11.4. The molecule has 0 aliphatic heterocycles. The molecular weight excluding hydrogens is 228 g/mol. The number of rotatable bonds is 3. The fourth-order valence-electron chi connectivity index (χ4n) is 1.51. The monoisotopic (exact) mass is 250 g/mol. The average Bonchev–Trinajstić information content (AvgIpc) is 2.26. The number of hydrogen-bond donors (Lipinski definition) is 3. The van der Waals surface area contributed by atoms with Crippen molar-refractivity contribution in [1.82, 2.24) is 5.32 Å². The lowest BCUT2D eigenvalue weighted by molar-refractivity contribution is -0.115. The van der Waals surface area contributed by atoms with Gasteiger partial charge in [0.1, 0.15) is 5.75 Å². The van der Waals surface area contributed by atoms with E-state index in [4.69, 9.17) is 0 Å². The highest BCUT2D eigenvalue weighted by molar-refractivity contribution is 5.93. The predicted molar refractivity (Wildman–Crippen MR) is 74.0 cm³/mol. The van der Waals surface area contributed by atoms with Gasteiger partial charge in [0, 0.05) is 16.8 Å². The third kappa shape index (κ3) is 4.04. The van der Waals surface area contributed by atoms with Gasteiger partial charge in [-0.3, -0.25) is 4.79 Å². The molecular formula is C14H22N2O2.